The number of Topliss-reactive ketones (excluding diaryl/α,β-unsaturated/α-hetero) is 1. The molecule has 0 radical (unpaired) electrons. The number of hydrogen-bond donors (Lipinski definition) is 1. The molecule has 9 nitrogen and oxygen atoms in total. The number of halogens is 4. The molecule has 0 aromatic heterocycles. The Morgan fingerprint density at radius 3 is 2.43 bits per heavy atom. The van der Waals surface area contributed by atoms with Gasteiger partial charge in [-0.05, 0) is 0 Å². The van der Waals surface area contributed by atoms with Crippen LogP contribution < -0.4 is 15.1 Å². The van der Waals surface area contributed by atoms with Crippen LogP contribution in [0.15, 0.2) is 42.5 Å². The highest BCUT2D eigenvalue weighted by molar-refractivity contribution is 5.97. The van der Waals surface area contributed by atoms with Gasteiger partial charge in [-0.3, -0.25) is 19.3 Å². The number of anilines is 2. The number of carbonyl (C=O) groups is 3. The first-order chi connectivity index (χ1) is 17.7. The van der Waals surface area contributed by atoms with Crippen molar-refractivity contribution in [1.82, 2.24) is 10.4 Å². The Morgan fingerprint density at radius 2 is 1.76 bits per heavy atom. The number of hydroxylamine groups is 2. The predicted octanol–water partition coefficient (Wildman–Crippen LogP) is 2.61. The van der Waals surface area contributed by atoms with E-state index in [4.69, 9.17) is 9.57 Å². The molecular weight excluding hydrogens is 500 g/mol. The molecule has 2 aliphatic heterocycles. The van der Waals surface area contributed by atoms with Crippen molar-refractivity contribution >= 4 is 29.2 Å². The molecule has 198 valence electrons. The van der Waals surface area contributed by atoms with E-state index in [0.717, 1.165) is 17.0 Å². The third-order valence-electron chi connectivity index (χ3n) is 5.88. The van der Waals surface area contributed by atoms with Crippen LogP contribution in [0.1, 0.15) is 10.4 Å². The molecule has 4 rings (SSSR count). The average Bonchev–Trinajstić information content (AvgIpc) is 3.10. The van der Waals surface area contributed by atoms with E-state index in [1.54, 1.807) is 30.3 Å². The maximum absolute atomic E-state index is 15.1. The SMILES string of the molecule is O=C(CN1CCN(c2c(F)cc(N3CC(CNC(=O)C(F)F)OC3=O)cc2F)CCO1)c1ccccc1. The molecule has 1 atom stereocenters. The van der Waals surface area contributed by atoms with Crippen LogP contribution in [0.5, 0.6) is 0 Å². The maximum atomic E-state index is 15.1. The maximum Gasteiger partial charge on any atom is 0.414 e. The fraction of sp³-hybridized carbons (Fsp3) is 0.375. The Morgan fingerprint density at radius 1 is 1.05 bits per heavy atom. The molecule has 0 spiro atoms. The second-order valence-corrected chi connectivity index (χ2v) is 8.39. The molecule has 2 aromatic carbocycles. The molecule has 1 N–H and O–H groups in total. The van der Waals surface area contributed by atoms with Crippen molar-refractivity contribution in [1.29, 1.82) is 0 Å². The molecular formula is C24H24F4N4O5. The van der Waals surface area contributed by atoms with E-state index in [9.17, 15) is 23.2 Å². The van der Waals surface area contributed by atoms with Crippen molar-refractivity contribution in [2.75, 3.05) is 55.7 Å². The summed E-state index contributed by atoms with van der Waals surface area (Å²) in [4.78, 5) is 43.7. The normalized spacial score (nSPS) is 18.6. The number of rotatable bonds is 8. The van der Waals surface area contributed by atoms with Crippen LogP contribution in [-0.2, 0) is 14.4 Å². The highest BCUT2D eigenvalue weighted by Gasteiger charge is 2.34. The molecule has 2 aliphatic rings. The number of carbonyl (C=O) groups excluding carboxylic acids is 3. The monoisotopic (exact) mass is 524 g/mol. The van der Waals surface area contributed by atoms with Gasteiger partial charge in [0.25, 0.3) is 5.91 Å². The van der Waals surface area contributed by atoms with Gasteiger partial charge >= 0.3 is 12.5 Å². The summed E-state index contributed by atoms with van der Waals surface area (Å²) in [5, 5.41) is 3.39. The number of nitrogens with one attached hydrogen (secondary N) is 1. The molecule has 2 aromatic rings. The van der Waals surface area contributed by atoms with Gasteiger partial charge in [-0.15, -0.1) is 0 Å². The minimum Gasteiger partial charge on any atom is -0.442 e. The van der Waals surface area contributed by atoms with Gasteiger partial charge in [0.05, 0.1) is 31.9 Å². The summed E-state index contributed by atoms with van der Waals surface area (Å²) in [7, 11) is 0. The fourth-order valence-corrected chi connectivity index (χ4v) is 4.05. The number of cyclic esters (lactones) is 1. The van der Waals surface area contributed by atoms with Crippen molar-refractivity contribution in [3.63, 3.8) is 0 Å². The summed E-state index contributed by atoms with van der Waals surface area (Å²) in [5.74, 6) is -3.52. The molecule has 2 amide bonds. The molecule has 2 saturated heterocycles. The zero-order chi connectivity index (χ0) is 26.5. The number of ketones is 1. The Hall–Kier alpha value is -3.71. The largest absolute Gasteiger partial charge is 0.442 e. The number of hydrogen-bond acceptors (Lipinski definition) is 7. The first-order valence-electron chi connectivity index (χ1n) is 11.5. The quantitative estimate of drug-likeness (QED) is 0.420. The second kappa shape index (κ2) is 11.6. The highest BCUT2D eigenvalue weighted by atomic mass is 19.3. The van der Waals surface area contributed by atoms with Gasteiger partial charge in [0.15, 0.2) is 17.4 Å². The lowest BCUT2D eigenvalue weighted by Gasteiger charge is -2.24. The zero-order valence-electron chi connectivity index (χ0n) is 19.5. The Bertz CT molecular complexity index is 1130. The van der Waals surface area contributed by atoms with Crippen molar-refractivity contribution in [3.8, 4) is 0 Å². The van der Waals surface area contributed by atoms with E-state index in [0.29, 0.717) is 5.56 Å². The van der Waals surface area contributed by atoms with E-state index in [2.05, 4.69) is 0 Å². The molecule has 2 heterocycles. The van der Waals surface area contributed by atoms with Crippen LogP contribution >= 0.6 is 0 Å². The number of benzene rings is 2. The van der Waals surface area contributed by atoms with Crippen LogP contribution in [0.3, 0.4) is 0 Å². The van der Waals surface area contributed by atoms with Gasteiger partial charge in [0.2, 0.25) is 0 Å². The van der Waals surface area contributed by atoms with E-state index < -0.39 is 36.2 Å². The lowest BCUT2D eigenvalue weighted by atomic mass is 10.1. The van der Waals surface area contributed by atoms with Gasteiger partial charge in [-0.1, -0.05) is 30.3 Å². The third kappa shape index (κ3) is 6.35. The smallest absolute Gasteiger partial charge is 0.414 e. The fourth-order valence-electron chi connectivity index (χ4n) is 4.05. The minimum atomic E-state index is -3.22. The van der Waals surface area contributed by atoms with Gasteiger partial charge in [-0.2, -0.15) is 13.8 Å². The lowest BCUT2D eigenvalue weighted by molar-refractivity contribution is -0.139. The van der Waals surface area contributed by atoms with Crippen LogP contribution in [0, 0.1) is 11.6 Å². The summed E-state index contributed by atoms with van der Waals surface area (Å²) < 4.78 is 59.8. The Balaban J connectivity index is 1.39. The van der Waals surface area contributed by atoms with Gasteiger partial charge in [0.1, 0.15) is 11.8 Å². The minimum absolute atomic E-state index is 0.0161. The van der Waals surface area contributed by atoms with E-state index >= 15 is 8.78 Å². The molecule has 0 saturated carbocycles. The topological polar surface area (TPSA) is 91.4 Å². The summed E-state index contributed by atoms with van der Waals surface area (Å²) in [6.07, 6.45) is -5.11. The van der Waals surface area contributed by atoms with E-state index in [1.807, 2.05) is 5.32 Å². The molecule has 37 heavy (non-hydrogen) atoms. The average molecular weight is 524 g/mol. The summed E-state index contributed by atoms with van der Waals surface area (Å²) in [6.45, 7) is 0.0520. The van der Waals surface area contributed by atoms with Crippen molar-refractivity contribution in [3.05, 3.63) is 59.7 Å². The van der Waals surface area contributed by atoms with Gasteiger partial charge in [-0.25, -0.2) is 13.6 Å². The standard InChI is InChI=1S/C24H24F4N4O5/c25-18-10-16(32-13-17(37-24(32)35)12-29-23(34)22(27)28)11-19(26)21(18)30-6-7-31(36-9-8-30)14-20(33)15-4-2-1-3-5-15/h1-5,10-11,17,22H,6-9,12-14H2,(H,29,34). The van der Waals surface area contributed by atoms with Crippen LogP contribution in [0.2, 0.25) is 0 Å². The first kappa shape index (κ1) is 26.4. The van der Waals surface area contributed by atoms with Crippen molar-refractivity contribution in [2.24, 2.45) is 0 Å². The first-order valence-corrected chi connectivity index (χ1v) is 11.5. The second-order valence-electron chi connectivity index (χ2n) is 8.39. The third-order valence-corrected chi connectivity index (χ3v) is 5.88. The van der Waals surface area contributed by atoms with Crippen molar-refractivity contribution in [2.45, 2.75) is 12.5 Å². The van der Waals surface area contributed by atoms with Crippen LogP contribution in [-0.4, -0.2) is 81.3 Å². The summed E-state index contributed by atoms with van der Waals surface area (Å²) in [6, 6.07) is 10.6. The number of nitrogens with zero attached hydrogens (tertiary/aromatic N) is 3. The molecule has 2 fully saturated rings. The summed E-state index contributed by atoms with van der Waals surface area (Å²) >= 11 is 0. The Kier molecular flexibility index (Phi) is 8.24. The van der Waals surface area contributed by atoms with E-state index in [1.165, 1.54) is 9.96 Å². The van der Waals surface area contributed by atoms with Gasteiger partial charge in [0, 0.05) is 37.3 Å². The highest BCUT2D eigenvalue weighted by Crippen LogP contribution is 2.31. The number of alkyl halides is 2. The molecule has 0 aliphatic carbocycles. The predicted molar refractivity (Wildman–Crippen MR) is 123 cm³/mol. The molecule has 1 unspecified atom stereocenters. The number of ether oxygens (including phenoxy) is 1. The Labute approximate surface area is 209 Å². The zero-order valence-corrected chi connectivity index (χ0v) is 19.5. The molecule has 13 heteroatoms. The van der Waals surface area contributed by atoms with Crippen LogP contribution in [0.25, 0.3) is 0 Å². The number of amides is 2. The lowest BCUT2D eigenvalue weighted by Crippen LogP contribution is -2.37. The van der Waals surface area contributed by atoms with Crippen molar-refractivity contribution < 1.29 is 41.5 Å². The summed E-state index contributed by atoms with van der Waals surface area (Å²) in [5.41, 5.74) is 0.100. The van der Waals surface area contributed by atoms with E-state index in [-0.39, 0.29) is 63.0 Å². The van der Waals surface area contributed by atoms with Crippen LogP contribution in [0.4, 0.5) is 33.7 Å². The molecule has 0 bridgehead atoms. The van der Waals surface area contributed by atoms with Gasteiger partial charge < -0.3 is 15.0 Å².